The lowest BCUT2D eigenvalue weighted by atomic mass is 9.86. The van der Waals surface area contributed by atoms with Crippen LogP contribution in [0.15, 0.2) is 0 Å². The van der Waals surface area contributed by atoms with E-state index in [1.165, 1.54) is 0 Å². The average Bonchev–Trinajstić information content (AvgIpc) is 2.73. The fourth-order valence-electron chi connectivity index (χ4n) is 3.49. The number of hydrogen-bond donors (Lipinski definition) is 0. The number of ether oxygens (including phenoxy) is 1. The summed E-state index contributed by atoms with van der Waals surface area (Å²) in [4.78, 5) is 25.1. The maximum absolute atomic E-state index is 11.8. The van der Waals surface area contributed by atoms with Crippen LogP contribution in [0.4, 0.5) is 0 Å². The molecule has 4 heteroatoms. The third-order valence-corrected chi connectivity index (χ3v) is 4.25. The van der Waals surface area contributed by atoms with Crippen molar-refractivity contribution in [1.82, 2.24) is 4.90 Å². The van der Waals surface area contributed by atoms with Crippen molar-refractivity contribution in [2.45, 2.75) is 56.6 Å². The summed E-state index contributed by atoms with van der Waals surface area (Å²) in [6.45, 7) is 0.850. The molecule has 0 aliphatic carbocycles. The van der Waals surface area contributed by atoms with Crippen LogP contribution in [-0.2, 0) is 14.3 Å². The minimum atomic E-state index is -0.334. The lowest BCUT2D eigenvalue weighted by Gasteiger charge is -2.36. The molecule has 1 spiro atoms. The Bertz CT molecular complexity index is 341. The summed E-state index contributed by atoms with van der Waals surface area (Å²) in [5.41, 5.74) is -0.334. The highest BCUT2D eigenvalue weighted by Gasteiger charge is 2.52. The van der Waals surface area contributed by atoms with Crippen LogP contribution in [-0.4, -0.2) is 35.0 Å². The molecule has 3 fully saturated rings. The number of amides is 1. The molecule has 4 nitrogen and oxygen atoms in total. The quantitative estimate of drug-likeness (QED) is 0.580. The van der Waals surface area contributed by atoms with Crippen LogP contribution in [0.25, 0.3) is 0 Å². The minimum absolute atomic E-state index is 0.0822. The summed E-state index contributed by atoms with van der Waals surface area (Å²) >= 11 is 0. The van der Waals surface area contributed by atoms with Gasteiger partial charge >= 0.3 is 5.97 Å². The van der Waals surface area contributed by atoms with E-state index in [-0.39, 0.29) is 23.5 Å². The van der Waals surface area contributed by atoms with Crippen molar-refractivity contribution < 1.29 is 14.3 Å². The molecule has 0 bridgehead atoms. The zero-order valence-electron chi connectivity index (χ0n) is 9.41. The molecule has 2 atom stereocenters. The monoisotopic (exact) mass is 223 g/mol. The van der Waals surface area contributed by atoms with Crippen LogP contribution in [0.5, 0.6) is 0 Å². The third-order valence-electron chi connectivity index (χ3n) is 4.25. The second-order valence-electron chi connectivity index (χ2n) is 5.14. The third kappa shape index (κ3) is 1.35. The van der Waals surface area contributed by atoms with Crippen molar-refractivity contribution in [2.75, 3.05) is 6.54 Å². The van der Waals surface area contributed by atoms with Crippen LogP contribution in [0.2, 0.25) is 0 Å². The van der Waals surface area contributed by atoms with Gasteiger partial charge in [-0.1, -0.05) is 0 Å². The van der Waals surface area contributed by atoms with Crippen LogP contribution in [0, 0.1) is 0 Å². The van der Waals surface area contributed by atoms with Gasteiger partial charge in [0, 0.05) is 19.4 Å². The van der Waals surface area contributed by atoms with E-state index in [0.29, 0.717) is 12.8 Å². The molecule has 0 aromatic heterocycles. The van der Waals surface area contributed by atoms with Crippen LogP contribution in [0.3, 0.4) is 0 Å². The van der Waals surface area contributed by atoms with Crippen molar-refractivity contribution in [3.63, 3.8) is 0 Å². The lowest BCUT2D eigenvalue weighted by molar-refractivity contribution is -0.155. The van der Waals surface area contributed by atoms with E-state index in [9.17, 15) is 9.59 Å². The minimum Gasteiger partial charge on any atom is -0.457 e. The number of esters is 1. The Hall–Kier alpha value is -1.06. The van der Waals surface area contributed by atoms with E-state index in [1.807, 2.05) is 4.90 Å². The molecule has 3 heterocycles. The molecule has 0 radical (unpaired) electrons. The second-order valence-corrected chi connectivity index (χ2v) is 5.14. The average molecular weight is 223 g/mol. The summed E-state index contributed by atoms with van der Waals surface area (Å²) in [5.74, 6) is 0.162. The molecule has 88 valence electrons. The first kappa shape index (κ1) is 10.1. The van der Waals surface area contributed by atoms with Gasteiger partial charge in [0.1, 0.15) is 5.60 Å². The van der Waals surface area contributed by atoms with Gasteiger partial charge in [-0.25, -0.2) is 0 Å². The molecule has 1 amide bonds. The Morgan fingerprint density at radius 2 is 2.06 bits per heavy atom. The molecule has 0 saturated carbocycles. The Labute approximate surface area is 94.9 Å². The summed E-state index contributed by atoms with van der Waals surface area (Å²) in [5, 5.41) is 0. The van der Waals surface area contributed by atoms with Gasteiger partial charge in [0.2, 0.25) is 5.91 Å². The van der Waals surface area contributed by atoms with E-state index in [1.54, 1.807) is 0 Å². The van der Waals surface area contributed by atoms with Gasteiger partial charge in [-0.2, -0.15) is 0 Å². The smallest absolute Gasteiger partial charge is 0.306 e. The van der Waals surface area contributed by atoms with Gasteiger partial charge in [-0.05, 0) is 32.1 Å². The molecule has 0 aromatic rings. The Kier molecular flexibility index (Phi) is 2.19. The molecule has 0 unspecified atom stereocenters. The number of rotatable bonds is 0. The highest BCUT2D eigenvalue weighted by molar-refractivity contribution is 5.80. The zero-order chi connectivity index (χ0) is 11.2. The second kappa shape index (κ2) is 3.47. The van der Waals surface area contributed by atoms with Crippen molar-refractivity contribution in [3.8, 4) is 0 Å². The van der Waals surface area contributed by atoms with Gasteiger partial charge < -0.3 is 9.64 Å². The van der Waals surface area contributed by atoms with Crippen LogP contribution in [0.1, 0.15) is 44.9 Å². The van der Waals surface area contributed by atoms with E-state index in [0.717, 1.165) is 38.6 Å². The van der Waals surface area contributed by atoms with E-state index >= 15 is 0 Å². The standard InChI is InChI=1S/C12H17NO3/c14-10-4-3-9-12(7-5-11(15)16-12)6-1-2-8-13(9)10/h9H,1-8H2/t9-,12-/m0/s1. The molecular formula is C12H17NO3. The van der Waals surface area contributed by atoms with Gasteiger partial charge in [0.15, 0.2) is 0 Å². The summed E-state index contributed by atoms with van der Waals surface area (Å²) < 4.78 is 5.60. The first-order valence-corrected chi connectivity index (χ1v) is 6.23. The molecular weight excluding hydrogens is 206 g/mol. The molecule has 3 saturated heterocycles. The predicted octanol–water partition coefficient (Wildman–Crippen LogP) is 1.24. The summed E-state index contributed by atoms with van der Waals surface area (Å²) in [6, 6.07) is 0.161. The van der Waals surface area contributed by atoms with Gasteiger partial charge in [0.25, 0.3) is 0 Å². The molecule has 0 aromatic carbocycles. The van der Waals surface area contributed by atoms with Crippen LogP contribution < -0.4 is 0 Å². The first-order valence-electron chi connectivity index (χ1n) is 6.23. The SMILES string of the molecule is O=C1CC[C@]2(CCCCN3C(=O)CC[C@H]32)O1. The Balaban J connectivity index is 1.92. The number of nitrogens with zero attached hydrogens (tertiary/aromatic N) is 1. The maximum atomic E-state index is 11.8. The fourth-order valence-corrected chi connectivity index (χ4v) is 3.49. The number of carbonyl (C=O) groups is 2. The van der Waals surface area contributed by atoms with Crippen molar-refractivity contribution in [1.29, 1.82) is 0 Å². The van der Waals surface area contributed by atoms with E-state index in [4.69, 9.17) is 4.74 Å². The topological polar surface area (TPSA) is 46.6 Å². The van der Waals surface area contributed by atoms with E-state index in [2.05, 4.69) is 0 Å². The highest BCUT2D eigenvalue weighted by Crippen LogP contribution is 2.43. The number of carbonyl (C=O) groups excluding carboxylic acids is 2. The Morgan fingerprint density at radius 3 is 2.81 bits per heavy atom. The summed E-state index contributed by atoms with van der Waals surface area (Å²) in [7, 11) is 0. The molecule has 16 heavy (non-hydrogen) atoms. The molecule has 3 rings (SSSR count). The van der Waals surface area contributed by atoms with Gasteiger partial charge in [0.05, 0.1) is 6.04 Å². The molecule has 3 aliphatic heterocycles. The number of fused-ring (bicyclic) bond motifs is 2. The lowest BCUT2D eigenvalue weighted by Crippen LogP contribution is -2.49. The zero-order valence-corrected chi connectivity index (χ0v) is 9.41. The van der Waals surface area contributed by atoms with Crippen molar-refractivity contribution in [2.24, 2.45) is 0 Å². The molecule has 3 aliphatic rings. The summed E-state index contributed by atoms with van der Waals surface area (Å²) in [6.07, 6.45) is 5.87. The van der Waals surface area contributed by atoms with Crippen molar-refractivity contribution in [3.05, 3.63) is 0 Å². The fraction of sp³-hybridized carbons (Fsp3) is 0.833. The Morgan fingerprint density at radius 1 is 1.19 bits per heavy atom. The van der Waals surface area contributed by atoms with E-state index < -0.39 is 0 Å². The normalized spacial score (nSPS) is 38.8. The van der Waals surface area contributed by atoms with Gasteiger partial charge in [-0.15, -0.1) is 0 Å². The predicted molar refractivity (Wildman–Crippen MR) is 56.6 cm³/mol. The van der Waals surface area contributed by atoms with Crippen molar-refractivity contribution >= 4 is 11.9 Å². The maximum Gasteiger partial charge on any atom is 0.306 e. The highest BCUT2D eigenvalue weighted by atomic mass is 16.6. The van der Waals surface area contributed by atoms with Crippen LogP contribution >= 0.6 is 0 Å². The largest absolute Gasteiger partial charge is 0.457 e. The molecule has 0 N–H and O–H groups in total. The first-order chi connectivity index (χ1) is 7.71. The van der Waals surface area contributed by atoms with Gasteiger partial charge in [-0.3, -0.25) is 9.59 Å². The number of hydrogen-bond acceptors (Lipinski definition) is 3.